The Balaban J connectivity index is 1.78. The summed E-state index contributed by atoms with van der Waals surface area (Å²) in [5.41, 5.74) is 2.84. The van der Waals surface area contributed by atoms with Gasteiger partial charge in [-0.1, -0.05) is 47.7 Å². The van der Waals surface area contributed by atoms with Crippen LogP contribution < -0.4 is 4.31 Å². The molecule has 6 heteroatoms. The van der Waals surface area contributed by atoms with Crippen molar-refractivity contribution in [3.05, 3.63) is 95.6 Å². The highest BCUT2D eigenvalue weighted by molar-refractivity contribution is 8.08. The van der Waals surface area contributed by atoms with Crippen molar-refractivity contribution < 1.29 is 8.42 Å². The van der Waals surface area contributed by atoms with E-state index in [9.17, 15) is 13.7 Å². The summed E-state index contributed by atoms with van der Waals surface area (Å²) in [7, 11) is -3.71. The second kappa shape index (κ2) is 7.78. The molecule has 4 nitrogen and oxygen atoms in total. The Labute approximate surface area is 175 Å². The van der Waals surface area contributed by atoms with Gasteiger partial charge in [0.05, 0.1) is 28.8 Å². The summed E-state index contributed by atoms with van der Waals surface area (Å²) in [6.45, 7) is 2.16. The Bertz CT molecular complexity index is 1230. The van der Waals surface area contributed by atoms with Gasteiger partial charge < -0.3 is 0 Å². The molecule has 0 amide bonds. The monoisotopic (exact) mass is 418 g/mol. The maximum atomic E-state index is 13.3. The van der Waals surface area contributed by atoms with Gasteiger partial charge in [-0.25, -0.2) is 8.42 Å². The Morgan fingerprint density at radius 1 is 1.00 bits per heavy atom. The van der Waals surface area contributed by atoms with Crippen molar-refractivity contribution in [2.24, 2.45) is 0 Å². The van der Waals surface area contributed by atoms with Crippen molar-refractivity contribution in [3.8, 4) is 6.07 Å². The lowest BCUT2D eigenvalue weighted by Crippen LogP contribution is -2.33. The molecule has 1 aliphatic rings. The fourth-order valence-corrected chi connectivity index (χ4v) is 5.57. The number of benzene rings is 3. The van der Waals surface area contributed by atoms with Gasteiger partial charge in [-0.2, -0.15) is 5.26 Å². The van der Waals surface area contributed by atoms with Gasteiger partial charge in [0.1, 0.15) is 0 Å². The normalized spacial score (nSPS) is 13.4. The smallest absolute Gasteiger partial charge is 0.262 e. The predicted molar refractivity (Wildman–Crippen MR) is 117 cm³/mol. The number of rotatable bonds is 4. The maximum absolute atomic E-state index is 13.3. The van der Waals surface area contributed by atoms with Crippen LogP contribution in [0.15, 0.2) is 88.7 Å². The molecule has 0 unspecified atom stereocenters. The third kappa shape index (κ3) is 3.80. The number of hydrogen-bond donors (Lipinski definition) is 0. The number of aryl methyl sites for hydroxylation is 1. The average molecular weight is 419 g/mol. The molecule has 144 valence electrons. The number of nitriles is 1. The summed E-state index contributed by atoms with van der Waals surface area (Å²) in [5.74, 6) is 0. The van der Waals surface area contributed by atoms with E-state index in [4.69, 9.17) is 0 Å². The molecule has 0 aliphatic carbocycles. The van der Waals surface area contributed by atoms with Crippen LogP contribution in [-0.2, 0) is 10.0 Å². The zero-order valence-electron chi connectivity index (χ0n) is 15.7. The lowest BCUT2D eigenvalue weighted by atomic mass is 10.1. The second-order valence-corrected chi connectivity index (χ2v) is 9.65. The van der Waals surface area contributed by atoms with Crippen LogP contribution in [0.3, 0.4) is 0 Å². The molecule has 0 bridgehead atoms. The Morgan fingerprint density at radius 3 is 2.41 bits per heavy atom. The van der Waals surface area contributed by atoms with Crippen molar-refractivity contribution in [3.63, 3.8) is 0 Å². The fraction of sp³-hybridized carbons (Fsp3) is 0.0870. The molecule has 0 N–H and O–H groups in total. The molecular weight excluding hydrogens is 400 g/mol. The molecule has 1 aliphatic heterocycles. The van der Waals surface area contributed by atoms with Crippen LogP contribution in [0.1, 0.15) is 16.7 Å². The van der Waals surface area contributed by atoms with Gasteiger partial charge in [0.25, 0.3) is 10.0 Å². The molecule has 0 saturated carbocycles. The number of hydrogen-bond acceptors (Lipinski definition) is 4. The summed E-state index contributed by atoms with van der Waals surface area (Å²) in [6, 6.07) is 24.0. The number of fused-ring (bicyclic) bond motifs is 1. The third-order valence-electron chi connectivity index (χ3n) is 4.68. The van der Waals surface area contributed by atoms with E-state index in [0.717, 1.165) is 20.9 Å². The molecular formula is C23H18N2O2S2. The van der Waals surface area contributed by atoms with E-state index >= 15 is 0 Å². The van der Waals surface area contributed by atoms with Crippen LogP contribution in [-0.4, -0.2) is 15.0 Å². The van der Waals surface area contributed by atoms with E-state index in [-0.39, 0.29) is 11.4 Å². The second-order valence-electron chi connectivity index (χ2n) is 6.68. The predicted octanol–water partition coefficient (Wildman–Crippen LogP) is 5.21. The number of sulfonamides is 1. The van der Waals surface area contributed by atoms with Crippen molar-refractivity contribution in [1.82, 2.24) is 0 Å². The van der Waals surface area contributed by atoms with Crippen LogP contribution in [0.4, 0.5) is 5.69 Å². The minimum Gasteiger partial charge on any atom is -0.262 e. The molecule has 1 heterocycles. The van der Waals surface area contributed by atoms with E-state index in [1.165, 1.54) is 4.31 Å². The summed E-state index contributed by atoms with van der Waals surface area (Å²) < 4.78 is 28.0. The van der Waals surface area contributed by atoms with Gasteiger partial charge >= 0.3 is 0 Å². The van der Waals surface area contributed by atoms with Crippen molar-refractivity contribution in [2.75, 3.05) is 10.8 Å². The first-order valence-electron chi connectivity index (χ1n) is 9.06. The van der Waals surface area contributed by atoms with E-state index in [0.29, 0.717) is 11.3 Å². The first kappa shape index (κ1) is 19.3. The lowest BCUT2D eigenvalue weighted by Gasteiger charge is -2.30. The minimum absolute atomic E-state index is 0.240. The molecule has 0 aromatic heterocycles. The summed E-state index contributed by atoms with van der Waals surface area (Å²) >= 11 is 1.57. The van der Waals surface area contributed by atoms with Crippen LogP contribution in [0.5, 0.6) is 0 Å². The maximum Gasteiger partial charge on any atom is 0.264 e. The number of thioether (sulfide) groups is 1. The molecule has 0 saturated heterocycles. The highest BCUT2D eigenvalue weighted by atomic mass is 32.2. The standard InChI is InChI=1S/C23H18N2O2S2/c1-17-7-10-20(11-8-17)29(26,27)25-14-13-23(28-19-5-3-2-4-6-19)21-15-18(16-24)9-12-22(21)25/h2-13,15H,14H2,1H3. The highest BCUT2D eigenvalue weighted by Crippen LogP contribution is 2.43. The minimum atomic E-state index is -3.71. The third-order valence-corrected chi connectivity index (χ3v) is 7.59. The van der Waals surface area contributed by atoms with Crippen LogP contribution >= 0.6 is 11.8 Å². The van der Waals surface area contributed by atoms with E-state index in [2.05, 4.69) is 6.07 Å². The van der Waals surface area contributed by atoms with Crippen molar-refractivity contribution >= 4 is 32.4 Å². The van der Waals surface area contributed by atoms with E-state index in [1.54, 1.807) is 54.2 Å². The largest absolute Gasteiger partial charge is 0.264 e. The quantitative estimate of drug-likeness (QED) is 0.584. The van der Waals surface area contributed by atoms with Crippen LogP contribution in [0.2, 0.25) is 0 Å². The van der Waals surface area contributed by atoms with Gasteiger partial charge in [0.2, 0.25) is 0 Å². The fourth-order valence-electron chi connectivity index (χ4n) is 3.17. The topological polar surface area (TPSA) is 61.2 Å². The van der Waals surface area contributed by atoms with E-state index < -0.39 is 10.0 Å². The van der Waals surface area contributed by atoms with Gasteiger partial charge in [0.15, 0.2) is 0 Å². The van der Waals surface area contributed by atoms with Crippen LogP contribution in [0.25, 0.3) is 4.91 Å². The molecule has 3 aromatic carbocycles. The molecule has 0 spiro atoms. The van der Waals surface area contributed by atoms with Gasteiger partial charge in [0, 0.05) is 15.4 Å². The highest BCUT2D eigenvalue weighted by Gasteiger charge is 2.30. The molecule has 4 rings (SSSR count). The van der Waals surface area contributed by atoms with Crippen molar-refractivity contribution in [1.29, 1.82) is 5.26 Å². The molecule has 3 aromatic rings. The molecule has 0 atom stereocenters. The zero-order valence-corrected chi connectivity index (χ0v) is 17.4. The summed E-state index contributed by atoms with van der Waals surface area (Å²) in [6.07, 6.45) is 1.91. The first-order chi connectivity index (χ1) is 14.0. The van der Waals surface area contributed by atoms with Gasteiger partial charge in [-0.15, -0.1) is 0 Å². The SMILES string of the molecule is Cc1ccc(S(=O)(=O)N2CC=C(Sc3ccccc3)c3cc(C#N)ccc32)cc1. The van der Waals surface area contributed by atoms with Crippen LogP contribution in [0, 0.1) is 18.3 Å². The first-order valence-corrected chi connectivity index (χ1v) is 11.3. The average Bonchev–Trinajstić information content (AvgIpc) is 2.74. The summed E-state index contributed by atoms with van der Waals surface area (Å²) in [4.78, 5) is 2.26. The molecule has 29 heavy (non-hydrogen) atoms. The Kier molecular flexibility index (Phi) is 5.18. The van der Waals surface area contributed by atoms with Gasteiger partial charge in [-0.3, -0.25) is 4.31 Å². The number of nitrogens with zero attached hydrogens (tertiary/aromatic N) is 2. The lowest BCUT2D eigenvalue weighted by molar-refractivity contribution is 0.592. The van der Waals surface area contributed by atoms with E-state index in [1.807, 2.05) is 43.3 Å². The zero-order chi connectivity index (χ0) is 20.4. The Hall–Kier alpha value is -3.01. The molecule has 0 fully saturated rings. The van der Waals surface area contributed by atoms with Gasteiger partial charge in [-0.05, 0) is 55.5 Å². The number of anilines is 1. The summed E-state index contributed by atoms with van der Waals surface area (Å²) in [5, 5.41) is 9.34. The van der Waals surface area contributed by atoms with Crippen molar-refractivity contribution in [2.45, 2.75) is 16.7 Å². The molecule has 0 radical (unpaired) electrons. The Morgan fingerprint density at radius 2 is 1.72 bits per heavy atom.